The molecule has 2 amide bonds. The first-order chi connectivity index (χ1) is 13.2. The Morgan fingerprint density at radius 3 is 2.74 bits per heavy atom. The number of piperidine rings is 1. The maximum absolute atomic E-state index is 13.1. The fraction of sp³-hybridized carbons (Fsp3) is 0.316. The van der Waals surface area contributed by atoms with Crippen LogP contribution in [0.15, 0.2) is 43.0 Å². The van der Waals surface area contributed by atoms with Gasteiger partial charge in [-0.05, 0) is 37.5 Å². The summed E-state index contributed by atoms with van der Waals surface area (Å²) in [6.45, 7) is 0.680. The quantitative estimate of drug-likeness (QED) is 0.766. The van der Waals surface area contributed by atoms with Crippen molar-refractivity contribution in [1.29, 1.82) is 0 Å². The lowest BCUT2D eigenvalue weighted by Crippen LogP contribution is -2.39. The van der Waals surface area contributed by atoms with E-state index < -0.39 is 0 Å². The fourth-order valence-electron chi connectivity index (χ4n) is 3.60. The molecule has 3 aromatic rings. The van der Waals surface area contributed by atoms with Crippen molar-refractivity contribution >= 4 is 17.5 Å². The molecule has 8 heteroatoms. The number of pyridine rings is 1. The number of hydrogen-bond donors (Lipinski definition) is 1. The lowest BCUT2D eigenvalue weighted by molar-refractivity contribution is 0.0603. The molecule has 0 radical (unpaired) electrons. The van der Waals surface area contributed by atoms with Gasteiger partial charge in [-0.3, -0.25) is 14.6 Å². The summed E-state index contributed by atoms with van der Waals surface area (Å²) in [5.74, 6) is -0.256. The normalized spacial score (nSPS) is 17.1. The summed E-state index contributed by atoms with van der Waals surface area (Å²) in [6.07, 6.45) is 9.26. The second-order valence-electron chi connectivity index (χ2n) is 6.49. The SMILES string of the molecule is CNC(=O)c1cnn2c([C@@H]3CCCCN3C(=O)c3ccncc3)ccnc12. The van der Waals surface area contributed by atoms with Crippen LogP contribution in [0.4, 0.5) is 0 Å². The lowest BCUT2D eigenvalue weighted by Gasteiger charge is -2.36. The van der Waals surface area contributed by atoms with E-state index in [1.165, 1.54) is 6.20 Å². The van der Waals surface area contributed by atoms with Gasteiger partial charge >= 0.3 is 0 Å². The Hall–Kier alpha value is -3.29. The molecule has 3 aromatic heterocycles. The van der Waals surface area contributed by atoms with Crippen LogP contribution in [0.2, 0.25) is 0 Å². The average molecular weight is 364 g/mol. The summed E-state index contributed by atoms with van der Waals surface area (Å²) >= 11 is 0. The molecule has 1 N–H and O–H groups in total. The molecule has 4 rings (SSSR count). The van der Waals surface area contributed by atoms with Crippen molar-refractivity contribution < 1.29 is 9.59 Å². The lowest BCUT2D eigenvalue weighted by atomic mass is 9.98. The number of rotatable bonds is 3. The van der Waals surface area contributed by atoms with Crippen molar-refractivity contribution in [1.82, 2.24) is 29.8 Å². The van der Waals surface area contributed by atoms with Gasteiger partial charge in [-0.15, -0.1) is 0 Å². The molecular formula is C19H20N6O2. The van der Waals surface area contributed by atoms with E-state index in [2.05, 4.69) is 20.4 Å². The highest BCUT2D eigenvalue weighted by atomic mass is 16.2. The zero-order valence-electron chi connectivity index (χ0n) is 15.0. The van der Waals surface area contributed by atoms with Crippen LogP contribution in [0.25, 0.3) is 5.65 Å². The van der Waals surface area contributed by atoms with Gasteiger partial charge in [-0.1, -0.05) is 0 Å². The van der Waals surface area contributed by atoms with Gasteiger partial charge in [-0.2, -0.15) is 5.10 Å². The second kappa shape index (κ2) is 7.14. The average Bonchev–Trinajstić information content (AvgIpc) is 3.17. The van der Waals surface area contributed by atoms with E-state index in [0.717, 1.165) is 25.0 Å². The third-order valence-corrected chi connectivity index (χ3v) is 4.93. The molecule has 1 saturated heterocycles. The minimum absolute atomic E-state index is 0.0225. The Balaban J connectivity index is 1.75. The van der Waals surface area contributed by atoms with Crippen LogP contribution >= 0.6 is 0 Å². The van der Waals surface area contributed by atoms with Crippen LogP contribution in [0.5, 0.6) is 0 Å². The van der Waals surface area contributed by atoms with Gasteiger partial charge in [0, 0.05) is 37.7 Å². The summed E-state index contributed by atoms with van der Waals surface area (Å²) in [7, 11) is 1.58. The highest BCUT2D eigenvalue weighted by Gasteiger charge is 2.31. The van der Waals surface area contributed by atoms with Crippen molar-refractivity contribution in [3.63, 3.8) is 0 Å². The van der Waals surface area contributed by atoms with Gasteiger partial charge in [0.15, 0.2) is 5.65 Å². The topological polar surface area (TPSA) is 92.5 Å². The number of aromatic nitrogens is 4. The first-order valence-electron chi connectivity index (χ1n) is 8.96. The Bertz CT molecular complexity index is 984. The maximum atomic E-state index is 13.1. The molecule has 138 valence electrons. The Morgan fingerprint density at radius 2 is 1.96 bits per heavy atom. The molecule has 8 nitrogen and oxygen atoms in total. The molecule has 1 aliphatic rings. The number of hydrogen-bond acceptors (Lipinski definition) is 5. The van der Waals surface area contributed by atoms with Crippen molar-refractivity contribution in [3.8, 4) is 0 Å². The van der Waals surface area contributed by atoms with Gasteiger partial charge in [0.1, 0.15) is 5.56 Å². The third kappa shape index (κ3) is 3.03. The molecular weight excluding hydrogens is 344 g/mol. The second-order valence-corrected chi connectivity index (χ2v) is 6.49. The Kier molecular flexibility index (Phi) is 4.53. The summed E-state index contributed by atoms with van der Waals surface area (Å²) in [4.78, 5) is 35.3. The van der Waals surface area contributed by atoms with Gasteiger partial charge in [0.2, 0.25) is 0 Å². The standard InChI is InChI=1S/C19H20N6O2/c1-20-18(26)14-12-23-25-16(7-10-22-17(14)25)15-4-2-3-11-24(15)19(27)13-5-8-21-9-6-13/h5-10,12,15H,2-4,11H2,1H3,(H,20,26)/t15-/m0/s1. The van der Waals surface area contributed by atoms with Crippen molar-refractivity contribution in [3.05, 3.63) is 59.8 Å². The predicted octanol–water partition coefficient (Wildman–Crippen LogP) is 1.85. The monoisotopic (exact) mass is 364 g/mol. The van der Waals surface area contributed by atoms with E-state index >= 15 is 0 Å². The fourth-order valence-corrected chi connectivity index (χ4v) is 3.60. The summed E-state index contributed by atoms with van der Waals surface area (Å²) in [5.41, 5.74) is 2.39. The Labute approximate surface area is 156 Å². The zero-order chi connectivity index (χ0) is 18.8. The molecule has 27 heavy (non-hydrogen) atoms. The van der Waals surface area contributed by atoms with Crippen LogP contribution in [0, 0.1) is 0 Å². The van der Waals surface area contributed by atoms with E-state index in [4.69, 9.17) is 0 Å². The third-order valence-electron chi connectivity index (χ3n) is 4.93. The van der Waals surface area contributed by atoms with Gasteiger partial charge in [0.25, 0.3) is 11.8 Å². The first-order valence-corrected chi connectivity index (χ1v) is 8.96. The van der Waals surface area contributed by atoms with E-state index in [1.807, 2.05) is 11.0 Å². The molecule has 4 heterocycles. The highest BCUT2D eigenvalue weighted by Crippen LogP contribution is 2.32. The van der Waals surface area contributed by atoms with Crippen LogP contribution in [0.3, 0.4) is 0 Å². The molecule has 1 fully saturated rings. The van der Waals surface area contributed by atoms with E-state index in [-0.39, 0.29) is 17.9 Å². The highest BCUT2D eigenvalue weighted by molar-refractivity contribution is 5.99. The van der Waals surface area contributed by atoms with Crippen LogP contribution in [-0.4, -0.2) is 49.9 Å². The number of nitrogens with one attached hydrogen (secondary N) is 1. The minimum atomic E-state index is -0.233. The molecule has 0 saturated carbocycles. The van der Waals surface area contributed by atoms with Gasteiger partial charge < -0.3 is 10.2 Å². The summed E-state index contributed by atoms with van der Waals surface area (Å²) < 4.78 is 1.67. The van der Waals surface area contributed by atoms with E-state index in [9.17, 15) is 9.59 Å². The van der Waals surface area contributed by atoms with Crippen molar-refractivity contribution in [2.24, 2.45) is 0 Å². The first kappa shape index (κ1) is 17.1. The predicted molar refractivity (Wildman–Crippen MR) is 98.2 cm³/mol. The molecule has 0 aliphatic carbocycles. The number of nitrogens with zero attached hydrogens (tertiary/aromatic N) is 5. The largest absolute Gasteiger partial charge is 0.355 e. The molecule has 0 unspecified atom stereocenters. The maximum Gasteiger partial charge on any atom is 0.256 e. The molecule has 1 atom stereocenters. The Morgan fingerprint density at radius 1 is 1.15 bits per heavy atom. The number of fused-ring (bicyclic) bond motifs is 1. The number of carbonyl (C=O) groups excluding carboxylic acids is 2. The van der Waals surface area contributed by atoms with Gasteiger partial charge in [0.05, 0.1) is 17.9 Å². The summed E-state index contributed by atoms with van der Waals surface area (Å²) in [6, 6.07) is 5.21. The number of amides is 2. The summed E-state index contributed by atoms with van der Waals surface area (Å²) in [5, 5.41) is 6.98. The smallest absolute Gasteiger partial charge is 0.256 e. The minimum Gasteiger partial charge on any atom is -0.355 e. The van der Waals surface area contributed by atoms with E-state index in [0.29, 0.717) is 23.3 Å². The van der Waals surface area contributed by atoms with E-state index in [1.54, 1.807) is 42.3 Å². The number of carbonyl (C=O) groups is 2. The van der Waals surface area contributed by atoms with Crippen LogP contribution in [0.1, 0.15) is 51.7 Å². The molecule has 0 bridgehead atoms. The molecule has 0 spiro atoms. The van der Waals surface area contributed by atoms with Crippen LogP contribution < -0.4 is 5.32 Å². The molecule has 1 aliphatic heterocycles. The van der Waals surface area contributed by atoms with Crippen LogP contribution in [-0.2, 0) is 0 Å². The zero-order valence-corrected chi connectivity index (χ0v) is 15.0. The van der Waals surface area contributed by atoms with Crippen molar-refractivity contribution in [2.45, 2.75) is 25.3 Å². The molecule has 0 aromatic carbocycles. The van der Waals surface area contributed by atoms with Gasteiger partial charge in [-0.25, -0.2) is 9.50 Å². The number of likely N-dealkylation sites (tertiary alicyclic amines) is 1. The van der Waals surface area contributed by atoms with Crippen molar-refractivity contribution in [2.75, 3.05) is 13.6 Å².